The molecular formula is C16H16N2. The van der Waals surface area contributed by atoms with Crippen molar-refractivity contribution in [3.63, 3.8) is 0 Å². The van der Waals surface area contributed by atoms with E-state index < -0.39 is 0 Å². The number of aromatic amines is 1. The van der Waals surface area contributed by atoms with Gasteiger partial charge in [-0.2, -0.15) is 0 Å². The zero-order chi connectivity index (χ0) is 12.5. The van der Waals surface area contributed by atoms with Gasteiger partial charge in [0.1, 0.15) is 0 Å². The number of rotatable bonds is 2. The van der Waals surface area contributed by atoms with E-state index in [9.17, 15) is 0 Å². The maximum Gasteiger partial charge on any atom is 0.0462 e. The first kappa shape index (κ1) is 11.1. The summed E-state index contributed by atoms with van der Waals surface area (Å²) in [5.41, 5.74) is 11.7. The molecule has 0 aliphatic rings. The van der Waals surface area contributed by atoms with Crippen LogP contribution in [-0.4, -0.2) is 4.98 Å². The van der Waals surface area contributed by atoms with Crippen molar-refractivity contribution in [3.8, 4) is 11.1 Å². The van der Waals surface area contributed by atoms with Gasteiger partial charge in [-0.1, -0.05) is 42.5 Å². The van der Waals surface area contributed by atoms with E-state index in [1.54, 1.807) is 0 Å². The van der Waals surface area contributed by atoms with Gasteiger partial charge in [0.25, 0.3) is 0 Å². The molecule has 0 aliphatic heterocycles. The molecule has 3 rings (SSSR count). The van der Waals surface area contributed by atoms with Crippen molar-refractivity contribution in [1.29, 1.82) is 0 Å². The van der Waals surface area contributed by atoms with Crippen molar-refractivity contribution in [2.24, 2.45) is 5.73 Å². The van der Waals surface area contributed by atoms with Crippen molar-refractivity contribution < 1.29 is 0 Å². The molecular weight excluding hydrogens is 220 g/mol. The summed E-state index contributed by atoms with van der Waals surface area (Å²) in [7, 11) is 0. The molecule has 0 saturated heterocycles. The van der Waals surface area contributed by atoms with Gasteiger partial charge in [-0.3, -0.25) is 0 Å². The van der Waals surface area contributed by atoms with Crippen molar-refractivity contribution >= 4 is 10.9 Å². The Morgan fingerprint density at radius 3 is 2.44 bits per heavy atom. The van der Waals surface area contributed by atoms with Crippen LogP contribution in [0.3, 0.4) is 0 Å². The number of hydrogen-bond acceptors (Lipinski definition) is 1. The van der Waals surface area contributed by atoms with Gasteiger partial charge in [-0.05, 0) is 24.1 Å². The highest BCUT2D eigenvalue weighted by Gasteiger charge is 2.09. The summed E-state index contributed by atoms with van der Waals surface area (Å²) in [5, 5.41) is 1.27. The number of para-hydroxylation sites is 1. The minimum Gasteiger partial charge on any atom is -0.358 e. The molecule has 0 unspecified atom stereocenters. The van der Waals surface area contributed by atoms with Crippen LogP contribution in [0.1, 0.15) is 11.3 Å². The predicted molar refractivity (Wildman–Crippen MR) is 76.4 cm³/mol. The fraction of sp³-hybridized carbons (Fsp3) is 0.125. The standard InChI is InChI=1S/C16H16N2/c1-11-16(13-8-6-12(10-17)7-9-13)14-4-2-3-5-15(14)18-11/h2-9,18H,10,17H2,1H3. The molecule has 90 valence electrons. The lowest BCUT2D eigenvalue weighted by Gasteiger charge is -2.03. The summed E-state index contributed by atoms with van der Waals surface area (Å²) in [4.78, 5) is 3.43. The number of hydrogen-bond donors (Lipinski definition) is 2. The van der Waals surface area contributed by atoms with Gasteiger partial charge in [0.05, 0.1) is 0 Å². The molecule has 2 heteroatoms. The quantitative estimate of drug-likeness (QED) is 0.701. The van der Waals surface area contributed by atoms with Gasteiger partial charge in [0, 0.05) is 28.7 Å². The molecule has 0 saturated carbocycles. The van der Waals surface area contributed by atoms with Crippen LogP contribution < -0.4 is 5.73 Å². The molecule has 0 bridgehead atoms. The van der Waals surface area contributed by atoms with Crippen LogP contribution in [0, 0.1) is 6.92 Å². The van der Waals surface area contributed by atoms with Gasteiger partial charge in [-0.25, -0.2) is 0 Å². The van der Waals surface area contributed by atoms with Gasteiger partial charge < -0.3 is 10.7 Å². The number of H-pyrrole nitrogens is 1. The average Bonchev–Trinajstić information content (AvgIpc) is 2.75. The highest BCUT2D eigenvalue weighted by Crippen LogP contribution is 2.31. The summed E-state index contributed by atoms with van der Waals surface area (Å²) in [5.74, 6) is 0. The topological polar surface area (TPSA) is 41.8 Å². The number of nitrogens with one attached hydrogen (secondary N) is 1. The van der Waals surface area contributed by atoms with Gasteiger partial charge >= 0.3 is 0 Å². The van der Waals surface area contributed by atoms with Crippen molar-refractivity contribution in [1.82, 2.24) is 4.98 Å². The Bertz CT molecular complexity index is 678. The number of nitrogens with two attached hydrogens (primary N) is 1. The van der Waals surface area contributed by atoms with E-state index in [0.29, 0.717) is 6.54 Å². The molecule has 3 N–H and O–H groups in total. The third-order valence-corrected chi connectivity index (χ3v) is 3.37. The Morgan fingerprint density at radius 2 is 1.72 bits per heavy atom. The first-order chi connectivity index (χ1) is 8.79. The summed E-state index contributed by atoms with van der Waals surface area (Å²) in [6.45, 7) is 2.71. The monoisotopic (exact) mass is 236 g/mol. The molecule has 3 aromatic rings. The second kappa shape index (κ2) is 4.31. The van der Waals surface area contributed by atoms with E-state index in [4.69, 9.17) is 5.73 Å². The third-order valence-electron chi connectivity index (χ3n) is 3.37. The minimum absolute atomic E-state index is 0.590. The maximum atomic E-state index is 5.63. The highest BCUT2D eigenvalue weighted by atomic mass is 14.7. The highest BCUT2D eigenvalue weighted by molar-refractivity contribution is 5.97. The molecule has 0 aliphatic carbocycles. The van der Waals surface area contributed by atoms with Gasteiger partial charge in [-0.15, -0.1) is 0 Å². The molecule has 2 nitrogen and oxygen atoms in total. The molecule has 18 heavy (non-hydrogen) atoms. The van der Waals surface area contributed by atoms with Crippen molar-refractivity contribution in [3.05, 3.63) is 59.8 Å². The van der Waals surface area contributed by atoms with E-state index in [0.717, 1.165) is 5.56 Å². The number of aryl methyl sites for hydroxylation is 1. The molecule has 1 aromatic heterocycles. The Labute approximate surface area is 106 Å². The number of benzene rings is 2. The summed E-state index contributed by atoms with van der Waals surface area (Å²) >= 11 is 0. The zero-order valence-electron chi connectivity index (χ0n) is 10.4. The van der Waals surface area contributed by atoms with E-state index in [2.05, 4.69) is 60.4 Å². The fourth-order valence-corrected chi connectivity index (χ4v) is 2.46. The lowest BCUT2D eigenvalue weighted by Crippen LogP contribution is -1.95. The number of aromatic nitrogens is 1. The Kier molecular flexibility index (Phi) is 2.65. The third kappa shape index (κ3) is 1.71. The lowest BCUT2D eigenvalue weighted by molar-refractivity contribution is 1.07. The normalized spacial score (nSPS) is 11.0. The molecule has 2 aromatic carbocycles. The first-order valence-electron chi connectivity index (χ1n) is 6.16. The van der Waals surface area contributed by atoms with Crippen molar-refractivity contribution in [2.45, 2.75) is 13.5 Å². The van der Waals surface area contributed by atoms with Gasteiger partial charge in [0.15, 0.2) is 0 Å². The van der Waals surface area contributed by atoms with E-state index in [1.807, 2.05) is 0 Å². The molecule has 0 amide bonds. The largest absolute Gasteiger partial charge is 0.358 e. The predicted octanol–water partition coefficient (Wildman–Crippen LogP) is 3.60. The van der Waals surface area contributed by atoms with Crippen LogP contribution >= 0.6 is 0 Å². The molecule has 0 radical (unpaired) electrons. The summed E-state index contributed by atoms with van der Waals surface area (Å²) in [6, 6.07) is 16.9. The van der Waals surface area contributed by atoms with Crippen LogP contribution in [-0.2, 0) is 6.54 Å². The van der Waals surface area contributed by atoms with E-state index in [-0.39, 0.29) is 0 Å². The van der Waals surface area contributed by atoms with Crippen LogP contribution in [0.25, 0.3) is 22.0 Å². The van der Waals surface area contributed by atoms with Gasteiger partial charge in [0.2, 0.25) is 0 Å². The minimum atomic E-state index is 0.590. The SMILES string of the molecule is Cc1[nH]c2ccccc2c1-c1ccc(CN)cc1. The van der Waals surface area contributed by atoms with E-state index >= 15 is 0 Å². The van der Waals surface area contributed by atoms with Crippen molar-refractivity contribution in [2.75, 3.05) is 0 Å². The fourth-order valence-electron chi connectivity index (χ4n) is 2.46. The Hall–Kier alpha value is -2.06. The lowest BCUT2D eigenvalue weighted by atomic mass is 10.0. The number of fused-ring (bicyclic) bond motifs is 1. The van der Waals surface area contributed by atoms with Crippen LogP contribution in [0.5, 0.6) is 0 Å². The first-order valence-corrected chi connectivity index (χ1v) is 6.16. The second-order valence-corrected chi connectivity index (χ2v) is 4.57. The van der Waals surface area contributed by atoms with E-state index in [1.165, 1.54) is 27.7 Å². The average molecular weight is 236 g/mol. The Morgan fingerprint density at radius 1 is 1.00 bits per heavy atom. The smallest absolute Gasteiger partial charge is 0.0462 e. The maximum absolute atomic E-state index is 5.63. The molecule has 0 fully saturated rings. The summed E-state index contributed by atoms with van der Waals surface area (Å²) < 4.78 is 0. The van der Waals surface area contributed by atoms with Crippen LogP contribution in [0.15, 0.2) is 48.5 Å². The second-order valence-electron chi connectivity index (χ2n) is 4.57. The molecule has 0 atom stereocenters. The van der Waals surface area contributed by atoms with Crippen LogP contribution in [0.4, 0.5) is 0 Å². The molecule has 1 heterocycles. The summed E-state index contributed by atoms with van der Waals surface area (Å²) in [6.07, 6.45) is 0. The zero-order valence-corrected chi connectivity index (χ0v) is 10.4. The molecule has 0 spiro atoms. The Balaban J connectivity index is 2.20. The van der Waals surface area contributed by atoms with Crippen LogP contribution in [0.2, 0.25) is 0 Å².